The summed E-state index contributed by atoms with van der Waals surface area (Å²) in [5.74, 6) is 0.268. The summed E-state index contributed by atoms with van der Waals surface area (Å²) in [6.07, 6.45) is 0.657. The van der Waals surface area contributed by atoms with Crippen LogP contribution in [-0.4, -0.2) is 10.8 Å². The Morgan fingerprint density at radius 3 is 2.35 bits per heavy atom. The normalized spacial score (nSPS) is 16.6. The summed E-state index contributed by atoms with van der Waals surface area (Å²) >= 11 is 12.2. The molecule has 0 radical (unpaired) electrons. The second-order valence-electron chi connectivity index (χ2n) is 6.13. The molecule has 1 N–H and O–H groups in total. The highest BCUT2D eigenvalue weighted by Gasteiger charge is 2.31. The quantitative estimate of drug-likeness (QED) is 0.597. The van der Waals surface area contributed by atoms with E-state index in [1.807, 2.05) is 65.7 Å². The summed E-state index contributed by atoms with van der Waals surface area (Å²) in [4.78, 5) is 0. The number of para-hydroxylation sites is 2. The van der Waals surface area contributed by atoms with Crippen LogP contribution in [0.1, 0.15) is 23.6 Å². The lowest BCUT2D eigenvalue weighted by Gasteiger charge is -2.24. The zero-order valence-electron chi connectivity index (χ0n) is 13.8. The van der Waals surface area contributed by atoms with Gasteiger partial charge in [0, 0.05) is 12.0 Å². The fraction of sp³-hybridized carbons (Fsp3) is 0.0952. The minimum Gasteiger partial charge on any atom is -0.508 e. The van der Waals surface area contributed by atoms with E-state index in [0.717, 1.165) is 22.5 Å². The maximum absolute atomic E-state index is 10.4. The van der Waals surface area contributed by atoms with E-state index in [1.165, 1.54) is 0 Å². The lowest BCUT2D eigenvalue weighted by Crippen LogP contribution is -2.18. The molecule has 0 fully saturated rings. The summed E-state index contributed by atoms with van der Waals surface area (Å²) in [5, 5.41) is 18.2. The molecule has 26 heavy (non-hydrogen) atoms. The molecule has 130 valence electrons. The largest absolute Gasteiger partial charge is 0.508 e. The van der Waals surface area contributed by atoms with Crippen molar-refractivity contribution in [1.29, 1.82) is 0 Å². The van der Waals surface area contributed by atoms with E-state index in [4.69, 9.17) is 28.3 Å². The molecule has 5 heteroatoms. The monoisotopic (exact) mass is 382 g/mol. The third-order valence-electron chi connectivity index (χ3n) is 4.48. The van der Waals surface area contributed by atoms with Crippen molar-refractivity contribution in [2.24, 2.45) is 5.10 Å². The predicted octanol–water partition coefficient (Wildman–Crippen LogP) is 6.05. The SMILES string of the molecule is Oc1ccccc1C1CC(c2ccc(Cl)c(Cl)c2)=NN1c1ccccc1. The Balaban J connectivity index is 1.78. The van der Waals surface area contributed by atoms with Crippen molar-refractivity contribution >= 4 is 34.6 Å². The first kappa shape index (κ1) is 17.0. The molecule has 3 aromatic carbocycles. The number of hydrogen-bond acceptors (Lipinski definition) is 3. The zero-order valence-corrected chi connectivity index (χ0v) is 15.3. The number of benzene rings is 3. The number of phenolic OH excluding ortho intramolecular Hbond substituents is 1. The number of nitrogens with zero attached hydrogens (tertiary/aromatic N) is 2. The molecular formula is C21H16Cl2N2O. The standard InChI is InChI=1S/C21H16Cl2N2O/c22-17-11-10-14(12-18(17)23)19-13-20(16-8-4-5-9-21(16)26)25(24-19)15-6-2-1-3-7-15/h1-12,20,26H,13H2. The predicted molar refractivity (Wildman–Crippen MR) is 107 cm³/mol. The molecule has 0 amide bonds. The van der Waals surface area contributed by atoms with Gasteiger partial charge < -0.3 is 5.11 Å². The topological polar surface area (TPSA) is 35.8 Å². The summed E-state index contributed by atoms with van der Waals surface area (Å²) in [5.41, 5.74) is 3.64. The Hall–Kier alpha value is -2.49. The smallest absolute Gasteiger partial charge is 0.120 e. The van der Waals surface area contributed by atoms with Gasteiger partial charge in [0.25, 0.3) is 0 Å². The van der Waals surface area contributed by atoms with Crippen LogP contribution in [0.3, 0.4) is 0 Å². The van der Waals surface area contributed by atoms with Crippen LogP contribution in [0, 0.1) is 0 Å². The van der Waals surface area contributed by atoms with E-state index in [9.17, 15) is 5.11 Å². The molecule has 0 bridgehead atoms. The Labute approximate surface area is 162 Å². The molecule has 4 rings (SSSR count). The van der Waals surface area contributed by atoms with E-state index in [-0.39, 0.29) is 11.8 Å². The number of aromatic hydroxyl groups is 1. The van der Waals surface area contributed by atoms with E-state index < -0.39 is 0 Å². The molecule has 3 nitrogen and oxygen atoms in total. The highest BCUT2D eigenvalue weighted by atomic mass is 35.5. The highest BCUT2D eigenvalue weighted by Crippen LogP contribution is 2.40. The van der Waals surface area contributed by atoms with Gasteiger partial charge in [-0.2, -0.15) is 5.10 Å². The molecule has 1 unspecified atom stereocenters. The van der Waals surface area contributed by atoms with Crippen molar-refractivity contribution in [3.63, 3.8) is 0 Å². The maximum atomic E-state index is 10.4. The second-order valence-corrected chi connectivity index (χ2v) is 6.95. The van der Waals surface area contributed by atoms with Crippen LogP contribution in [0.4, 0.5) is 5.69 Å². The molecule has 1 aliphatic heterocycles. The van der Waals surface area contributed by atoms with Crippen LogP contribution in [0.2, 0.25) is 10.0 Å². The van der Waals surface area contributed by atoms with Gasteiger partial charge in [0.2, 0.25) is 0 Å². The van der Waals surface area contributed by atoms with E-state index >= 15 is 0 Å². The number of phenols is 1. The van der Waals surface area contributed by atoms with E-state index in [2.05, 4.69) is 0 Å². The summed E-state index contributed by atoms with van der Waals surface area (Å²) in [6.45, 7) is 0. The molecule has 1 heterocycles. The Morgan fingerprint density at radius 1 is 0.885 bits per heavy atom. The molecule has 1 aliphatic rings. The van der Waals surface area contributed by atoms with Gasteiger partial charge in [-0.3, -0.25) is 5.01 Å². The van der Waals surface area contributed by atoms with Crippen molar-refractivity contribution < 1.29 is 5.11 Å². The van der Waals surface area contributed by atoms with E-state index in [0.29, 0.717) is 16.5 Å². The Morgan fingerprint density at radius 2 is 1.62 bits per heavy atom. The number of anilines is 1. The minimum absolute atomic E-state index is 0.0944. The van der Waals surface area contributed by atoms with Crippen LogP contribution in [-0.2, 0) is 0 Å². The van der Waals surface area contributed by atoms with Gasteiger partial charge in [0.05, 0.1) is 27.5 Å². The molecular weight excluding hydrogens is 367 g/mol. The van der Waals surface area contributed by atoms with Crippen molar-refractivity contribution in [3.8, 4) is 5.75 Å². The molecule has 3 aromatic rings. The van der Waals surface area contributed by atoms with Crippen LogP contribution >= 0.6 is 23.2 Å². The van der Waals surface area contributed by atoms with Crippen molar-refractivity contribution in [3.05, 3.63) is 94.0 Å². The van der Waals surface area contributed by atoms with Crippen LogP contribution in [0.5, 0.6) is 5.75 Å². The fourth-order valence-electron chi connectivity index (χ4n) is 3.19. The Kier molecular flexibility index (Phi) is 4.58. The van der Waals surface area contributed by atoms with Crippen molar-refractivity contribution in [2.75, 3.05) is 5.01 Å². The molecule has 1 atom stereocenters. The van der Waals surface area contributed by atoms with Gasteiger partial charge in [0.15, 0.2) is 0 Å². The van der Waals surface area contributed by atoms with Gasteiger partial charge in [-0.05, 0) is 35.9 Å². The molecule has 0 spiro atoms. The molecule has 0 saturated heterocycles. The van der Waals surface area contributed by atoms with Gasteiger partial charge in [-0.15, -0.1) is 0 Å². The minimum atomic E-state index is -0.0944. The second kappa shape index (κ2) is 7.02. The van der Waals surface area contributed by atoms with Gasteiger partial charge in [-0.25, -0.2) is 0 Å². The summed E-state index contributed by atoms with van der Waals surface area (Å²) in [6, 6.07) is 22.8. The molecule has 0 saturated carbocycles. The van der Waals surface area contributed by atoms with E-state index in [1.54, 1.807) is 12.1 Å². The number of halogens is 2. The summed E-state index contributed by atoms with van der Waals surface area (Å²) < 4.78 is 0. The van der Waals surface area contributed by atoms with Crippen LogP contribution < -0.4 is 5.01 Å². The van der Waals surface area contributed by atoms with Gasteiger partial charge in [0.1, 0.15) is 5.75 Å². The number of hydrazone groups is 1. The van der Waals surface area contributed by atoms with Gasteiger partial charge in [-0.1, -0.05) is 65.7 Å². The Bertz CT molecular complexity index is 973. The van der Waals surface area contributed by atoms with Crippen LogP contribution in [0.15, 0.2) is 77.9 Å². The third kappa shape index (κ3) is 3.16. The van der Waals surface area contributed by atoms with Crippen LogP contribution in [0.25, 0.3) is 0 Å². The highest BCUT2D eigenvalue weighted by molar-refractivity contribution is 6.42. The first-order valence-corrected chi connectivity index (χ1v) is 9.04. The lowest BCUT2D eigenvalue weighted by atomic mass is 9.97. The first-order chi connectivity index (χ1) is 12.6. The first-order valence-electron chi connectivity index (χ1n) is 8.28. The third-order valence-corrected chi connectivity index (χ3v) is 5.22. The fourth-order valence-corrected chi connectivity index (χ4v) is 3.49. The molecule has 0 aromatic heterocycles. The van der Waals surface area contributed by atoms with Crippen molar-refractivity contribution in [2.45, 2.75) is 12.5 Å². The van der Waals surface area contributed by atoms with Crippen molar-refractivity contribution in [1.82, 2.24) is 0 Å². The number of rotatable bonds is 3. The zero-order chi connectivity index (χ0) is 18.1. The lowest BCUT2D eigenvalue weighted by molar-refractivity contribution is 0.461. The maximum Gasteiger partial charge on any atom is 0.120 e. The van der Waals surface area contributed by atoms with Gasteiger partial charge >= 0.3 is 0 Å². The summed E-state index contributed by atoms with van der Waals surface area (Å²) in [7, 11) is 0. The number of hydrogen-bond donors (Lipinski definition) is 1. The average molecular weight is 383 g/mol. The average Bonchev–Trinajstić information content (AvgIpc) is 3.10. The molecule has 0 aliphatic carbocycles.